The lowest BCUT2D eigenvalue weighted by Gasteiger charge is -2.28. The highest BCUT2D eigenvalue weighted by molar-refractivity contribution is 9.10. The Morgan fingerprint density at radius 3 is 2.59 bits per heavy atom. The number of nitrogens with zero attached hydrogens (tertiary/aromatic N) is 2. The van der Waals surface area contributed by atoms with Crippen LogP contribution in [0.1, 0.15) is 19.5 Å². The topological polar surface area (TPSA) is 28.2 Å². The zero-order valence-electron chi connectivity index (χ0n) is 11.1. The van der Waals surface area contributed by atoms with Crippen molar-refractivity contribution in [3.8, 4) is 0 Å². The molecular weight excluding hydrogens is 278 g/mol. The molecule has 1 N–H and O–H groups in total. The molecule has 1 heterocycles. The molecule has 0 saturated carbocycles. The third kappa shape index (κ3) is 5.15. The van der Waals surface area contributed by atoms with E-state index in [1.54, 1.807) is 0 Å². The molecular formula is C13H22BrN3. The van der Waals surface area contributed by atoms with Gasteiger partial charge in [-0.25, -0.2) is 4.98 Å². The molecule has 1 aromatic heterocycles. The summed E-state index contributed by atoms with van der Waals surface area (Å²) in [5, 5.41) is 3.47. The van der Waals surface area contributed by atoms with Crippen LogP contribution < -0.4 is 5.32 Å². The van der Waals surface area contributed by atoms with Crippen LogP contribution >= 0.6 is 15.9 Å². The molecule has 0 aliphatic carbocycles. The molecule has 1 atom stereocenters. The number of halogens is 1. The van der Waals surface area contributed by atoms with Crippen LogP contribution in [0.2, 0.25) is 0 Å². The summed E-state index contributed by atoms with van der Waals surface area (Å²) in [5.74, 6) is 0.646. The Morgan fingerprint density at radius 1 is 1.35 bits per heavy atom. The fourth-order valence-corrected chi connectivity index (χ4v) is 2.29. The van der Waals surface area contributed by atoms with E-state index in [4.69, 9.17) is 0 Å². The van der Waals surface area contributed by atoms with E-state index in [1.807, 2.05) is 18.2 Å². The van der Waals surface area contributed by atoms with Crippen molar-refractivity contribution in [3.05, 3.63) is 28.5 Å². The summed E-state index contributed by atoms with van der Waals surface area (Å²) in [4.78, 5) is 6.67. The van der Waals surface area contributed by atoms with Gasteiger partial charge in [0.1, 0.15) is 4.60 Å². The first-order chi connectivity index (χ1) is 8.00. The van der Waals surface area contributed by atoms with Gasteiger partial charge >= 0.3 is 0 Å². The van der Waals surface area contributed by atoms with Crippen molar-refractivity contribution in [1.29, 1.82) is 0 Å². The van der Waals surface area contributed by atoms with E-state index >= 15 is 0 Å². The summed E-state index contributed by atoms with van der Waals surface area (Å²) in [6.07, 6.45) is 0. The summed E-state index contributed by atoms with van der Waals surface area (Å²) in [6.45, 7) is 6.31. The molecule has 0 spiro atoms. The van der Waals surface area contributed by atoms with Gasteiger partial charge in [0, 0.05) is 19.1 Å². The van der Waals surface area contributed by atoms with Gasteiger partial charge in [0.25, 0.3) is 0 Å². The molecule has 0 fully saturated rings. The van der Waals surface area contributed by atoms with Crippen molar-refractivity contribution in [3.63, 3.8) is 0 Å². The quantitative estimate of drug-likeness (QED) is 0.818. The van der Waals surface area contributed by atoms with E-state index < -0.39 is 0 Å². The van der Waals surface area contributed by atoms with E-state index in [0.717, 1.165) is 23.4 Å². The summed E-state index contributed by atoms with van der Waals surface area (Å²) < 4.78 is 0.893. The van der Waals surface area contributed by atoms with E-state index in [0.29, 0.717) is 12.0 Å². The zero-order valence-corrected chi connectivity index (χ0v) is 12.7. The maximum absolute atomic E-state index is 4.40. The van der Waals surface area contributed by atoms with Crippen molar-refractivity contribution in [1.82, 2.24) is 15.2 Å². The number of nitrogens with one attached hydrogen (secondary N) is 1. The monoisotopic (exact) mass is 299 g/mol. The largest absolute Gasteiger partial charge is 0.310 e. The Kier molecular flexibility index (Phi) is 6.09. The molecule has 0 aromatic carbocycles. The molecule has 0 amide bonds. The Balaban J connectivity index is 2.41. The molecule has 0 aliphatic rings. The first-order valence-corrected chi connectivity index (χ1v) is 6.78. The Morgan fingerprint density at radius 2 is 2.06 bits per heavy atom. The number of aromatic nitrogens is 1. The molecule has 17 heavy (non-hydrogen) atoms. The van der Waals surface area contributed by atoms with Gasteiger partial charge in [0.15, 0.2) is 0 Å². The van der Waals surface area contributed by atoms with Gasteiger partial charge < -0.3 is 10.2 Å². The summed E-state index contributed by atoms with van der Waals surface area (Å²) in [6, 6.07) is 6.56. The molecule has 1 rings (SSSR count). The van der Waals surface area contributed by atoms with Crippen LogP contribution in [-0.2, 0) is 6.54 Å². The van der Waals surface area contributed by atoms with Gasteiger partial charge in [-0.3, -0.25) is 0 Å². The minimum atomic E-state index is 0.558. The third-order valence-electron chi connectivity index (χ3n) is 2.87. The first kappa shape index (κ1) is 14.6. The molecule has 0 saturated heterocycles. The lowest BCUT2D eigenvalue weighted by molar-refractivity contribution is 0.224. The van der Waals surface area contributed by atoms with Crippen molar-refractivity contribution in [2.45, 2.75) is 26.4 Å². The lowest BCUT2D eigenvalue weighted by atomic mass is 10.0. The van der Waals surface area contributed by atoms with Gasteiger partial charge in [0.05, 0.1) is 5.69 Å². The average Bonchev–Trinajstić information content (AvgIpc) is 2.23. The standard InChI is InChI=1S/C13H22BrN3/c1-10(2)12(17(3)4)9-15-8-11-6-5-7-13(14)16-11/h5-7,10,12,15H,8-9H2,1-4H3. The third-order valence-corrected chi connectivity index (χ3v) is 3.31. The Labute approximate surface area is 113 Å². The van der Waals surface area contributed by atoms with E-state index in [9.17, 15) is 0 Å². The minimum Gasteiger partial charge on any atom is -0.310 e. The summed E-state index contributed by atoms with van der Waals surface area (Å²) >= 11 is 3.38. The average molecular weight is 300 g/mol. The second-order valence-corrected chi connectivity index (χ2v) is 5.67. The Hall–Kier alpha value is -0.450. The molecule has 3 nitrogen and oxygen atoms in total. The predicted molar refractivity (Wildman–Crippen MR) is 76.0 cm³/mol. The van der Waals surface area contributed by atoms with Gasteiger partial charge in [-0.2, -0.15) is 0 Å². The van der Waals surface area contributed by atoms with Crippen LogP contribution in [0.3, 0.4) is 0 Å². The van der Waals surface area contributed by atoms with Gasteiger partial charge in [-0.05, 0) is 48.1 Å². The molecule has 1 unspecified atom stereocenters. The molecule has 0 bridgehead atoms. The minimum absolute atomic E-state index is 0.558. The highest BCUT2D eigenvalue weighted by Crippen LogP contribution is 2.08. The number of likely N-dealkylation sites (N-methyl/N-ethyl adjacent to an activating group) is 1. The van der Waals surface area contributed by atoms with Crippen LogP contribution in [0.15, 0.2) is 22.8 Å². The van der Waals surface area contributed by atoms with E-state index in [2.05, 4.69) is 59.1 Å². The van der Waals surface area contributed by atoms with Crippen LogP contribution in [0, 0.1) is 5.92 Å². The molecule has 0 aliphatic heterocycles. The SMILES string of the molecule is CC(C)C(CNCc1cccc(Br)n1)N(C)C. The normalized spacial score (nSPS) is 13.4. The predicted octanol–water partition coefficient (Wildman–Crippen LogP) is 2.52. The van der Waals surface area contributed by atoms with Crippen LogP contribution in [0.5, 0.6) is 0 Å². The number of pyridine rings is 1. The maximum Gasteiger partial charge on any atom is 0.106 e. The van der Waals surface area contributed by atoms with Crippen LogP contribution in [0.25, 0.3) is 0 Å². The van der Waals surface area contributed by atoms with E-state index in [1.165, 1.54) is 0 Å². The number of hydrogen-bond acceptors (Lipinski definition) is 3. The van der Waals surface area contributed by atoms with Gasteiger partial charge in [-0.1, -0.05) is 19.9 Å². The molecule has 1 aromatic rings. The summed E-state index contributed by atoms with van der Waals surface area (Å²) in [7, 11) is 4.26. The van der Waals surface area contributed by atoms with Crippen molar-refractivity contribution in [2.75, 3.05) is 20.6 Å². The second kappa shape index (κ2) is 7.09. The van der Waals surface area contributed by atoms with Crippen LogP contribution in [-0.4, -0.2) is 36.6 Å². The summed E-state index contributed by atoms with van der Waals surface area (Å²) in [5.41, 5.74) is 1.07. The zero-order chi connectivity index (χ0) is 12.8. The van der Waals surface area contributed by atoms with Gasteiger partial charge in [0.2, 0.25) is 0 Å². The van der Waals surface area contributed by atoms with Crippen molar-refractivity contribution in [2.24, 2.45) is 5.92 Å². The molecule has 0 radical (unpaired) electrons. The fourth-order valence-electron chi connectivity index (χ4n) is 1.91. The number of hydrogen-bond donors (Lipinski definition) is 1. The lowest BCUT2D eigenvalue weighted by Crippen LogP contribution is -2.41. The van der Waals surface area contributed by atoms with Gasteiger partial charge in [-0.15, -0.1) is 0 Å². The fraction of sp³-hybridized carbons (Fsp3) is 0.615. The maximum atomic E-state index is 4.40. The molecule has 96 valence electrons. The highest BCUT2D eigenvalue weighted by atomic mass is 79.9. The first-order valence-electron chi connectivity index (χ1n) is 5.99. The smallest absolute Gasteiger partial charge is 0.106 e. The highest BCUT2D eigenvalue weighted by Gasteiger charge is 2.14. The molecule has 4 heteroatoms. The second-order valence-electron chi connectivity index (χ2n) is 4.86. The van der Waals surface area contributed by atoms with E-state index in [-0.39, 0.29) is 0 Å². The van der Waals surface area contributed by atoms with Crippen LogP contribution in [0.4, 0.5) is 0 Å². The number of rotatable bonds is 6. The van der Waals surface area contributed by atoms with Crippen molar-refractivity contribution >= 4 is 15.9 Å². The Bertz CT molecular complexity index is 331. The van der Waals surface area contributed by atoms with Crippen molar-refractivity contribution < 1.29 is 0 Å².